The molecule has 0 amide bonds. The molecule has 11 heteroatoms. The number of pyridine rings is 2. The van der Waals surface area contributed by atoms with Crippen LogP contribution >= 0.6 is 0 Å². The van der Waals surface area contributed by atoms with Crippen molar-refractivity contribution in [1.82, 2.24) is 29.1 Å². The lowest BCUT2D eigenvalue weighted by atomic mass is 10.1. The van der Waals surface area contributed by atoms with Crippen molar-refractivity contribution in [2.24, 2.45) is 0 Å². The average molecular weight is 831 g/mol. The first-order valence-electron chi connectivity index (χ1n) is 20.2. The zero-order valence-corrected chi connectivity index (χ0v) is 33.7. The molecule has 11 aromatic rings. The second kappa shape index (κ2) is 15.0. The number of ether oxygens (including phenoxy) is 2. The van der Waals surface area contributed by atoms with Gasteiger partial charge in [-0.2, -0.15) is 4.39 Å². The van der Waals surface area contributed by atoms with Crippen LogP contribution < -0.4 is 9.47 Å². The molecule has 0 aliphatic carbocycles. The van der Waals surface area contributed by atoms with Crippen LogP contribution in [0.3, 0.4) is 0 Å². The third-order valence-electron chi connectivity index (χ3n) is 11.2. The topological polar surface area (TPSA) is 79.9 Å². The maximum Gasteiger partial charge on any atom is 0.204 e. The molecule has 0 fully saturated rings. The molecule has 0 spiro atoms. The summed E-state index contributed by atoms with van der Waals surface area (Å²) >= 11 is 0. The molecular weight excluding hydrogens is 798 g/mol. The molecule has 5 heterocycles. The van der Waals surface area contributed by atoms with E-state index in [0.29, 0.717) is 28.6 Å². The second-order valence-electron chi connectivity index (χ2n) is 15.3. The number of rotatable bonds is 8. The quantitative estimate of drug-likeness (QED) is 0.142. The Hall–Kier alpha value is -8.31. The first kappa shape index (κ1) is 37.7. The summed E-state index contributed by atoms with van der Waals surface area (Å²) in [6, 6.07) is 43.6. The Bertz CT molecular complexity index is 3600. The van der Waals surface area contributed by atoms with Gasteiger partial charge in [-0.25, -0.2) is 18.7 Å². The number of hydrogen-bond acceptors (Lipinski definition) is 6. The Morgan fingerprint density at radius 1 is 0.429 bits per heavy atom. The molecule has 11 rings (SSSR count). The summed E-state index contributed by atoms with van der Waals surface area (Å²) in [7, 11) is 0. The number of nitrogens with zero attached hydrogens (tertiary/aromatic N) is 6. The highest BCUT2D eigenvalue weighted by Gasteiger charge is 2.23. The van der Waals surface area contributed by atoms with Gasteiger partial charge in [-0.15, -0.1) is 0 Å². The summed E-state index contributed by atoms with van der Waals surface area (Å²) in [6.07, 6.45) is 6.30. The summed E-state index contributed by atoms with van der Waals surface area (Å²) < 4.78 is 62.7. The van der Waals surface area contributed by atoms with E-state index in [-0.39, 0.29) is 17.0 Å². The van der Waals surface area contributed by atoms with Gasteiger partial charge in [-0.3, -0.25) is 19.1 Å². The van der Waals surface area contributed by atoms with Gasteiger partial charge in [0.15, 0.2) is 17.4 Å². The fourth-order valence-corrected chi connectivity index (χ4v) is 8.25. The molecule has 0 bridgehead atoms. The summed E-state index contributed by atoms with van der Waals surface area (Å²) in [5.74, 6) is -2.19. The first-order chi connectivity index (χ1) is 30.8. The molecule has 0 aliphatic heterocycles. The molecule has 0 saturated heterocycles. The van der Waals surface area contributed by atoms with Gasteiger partial charge < -0.3 is 9.47 Å². The summed E-state index contributed by atoms with van der Waals surface area (Å²) in [5.41, 5.74) is 6.57. The predicted octanol–water partition coefficient (Wildman–Crippen LogP) is 13.4. The van der Waals surface area contributed by atoms with Crippen LogP contribution in [0.4, 0.5) is 13.2 Å². The van der Waals surface area contributed by atoms with Crippen molar-refractivity contribution >= 4 is 43.6 Å². The average Bonchev–Trinajstić information content (AvgIpc) is 3.81. The normalized spacial score (nSPS) is 11.6. The largest absolute Gasteiger partial charge is 0.457 e. The molecule has 304 valence electrons. The van der Waals surface area contributed by atoms with Crippen LogP contribution in [-0.4, -0.2) is 29.1 Å². The van der Waals surface area contributed by atoms with E-state index in [9.17, 15) is 0 Å². The number of benzene rings is 6. The predicted molar refractivity (Wildman–Crippen MR) is 240 cm³/mol. The third-order valence-corrected chi connectivity index (χ3v) is 11.2. The van der Waals surface area contributed by atoms with E-state index >= 15 is 13.2 Å². The van der Waals surface area contributed by atoms with Gasteiger partial charge >= 0.3 is 0 Å². The van der Waals surface area contributed by atoms with Crippen LogP contribution in [-0.2, 0) is 0 Å². The van der Waals surface area contributed by atoms with Crippen molar-refractivity contribution in [3.63, 3.8) is 0 Å². The number of halogens is 3. The van der Waals surface area contributed by atoms with Crippen LogP contribution in [0.1, 0.15) is 11.1 Å². The molecule has 0 aliphatic rings. The zero-order chi connectivity index (χ0) is 42.8. The van der Waals surface area contributed by atoms with Crippen LogP contribution in [0.15, 0.2) is 164 Å². The molecule has 0 radical (unpaired) electrons. The number of fused-ring (bicyclic) bond motifs is 6. The van der Waals surface area contributed by atoms with Crippen molar-refractivity contribution in [1.29, 1.82) is 0 Å². The van der Waals surface area contributed by atoms with Gasteiger partial charge in [-0.05, 0) is 104 Å². The van der Waals surface area contributed by atoms with E-state index in [1.807, 2.05) is 122 Å². The van der Waals surface area contributed by atoms with E-state index in [0.717, 1.165) is 66.6 Å². The van der Waals surface area contributed by atoms with Gasteiger partial charge in [0.05, 0.1) is 45.8 Å². The molecule has 8 nitrogen and oxygen atoms in total. The fourth-order valence-electron chi connectivity index (χ4n) is 8.25. The molecule has 5 aromatic heterocycles. The standard InChI is InChI=1S/C52H33F3N6O2/c1-30-18-20-56-48(22-30)60-43-12-5-3-10-36(43)38-16-14-34(25-45(38)60)62-33-9-7-8-32(24-33)41-28-59-42(29-58-41)40-27-47(51(54)52(55)50(40)53)63-35-15-17-39-37-11-4-6-13-44(37)61(46(39)26-35)49-23-31(2)19-21-57-49/h3-29H,1-2H3. The van der Waals surface area contributed by atoms with Crippen molar-refractivity contribution in [3.05, 3.63) is 193 Å². The minimum Gasteiger partial charge on any atom is -0.457 e. The lowest BCUT2D eigenvalue weighted by Crippen LogP contribution is -2.01. The minimum atomic E-state index is -1.69. The van der Waals surface area contributed by atoms with Gasteiger partial charge in [0, 0.05) is 57.2 Å². The smallest absolute Gasteiger partial charge is 0.204 e. The first-order valence-corrected chi connectivity index (χ1v) is 20.2. The number of hydrogen-bond donors (Lipinski definition) is 0. The Balaban J connectivity index is 0.888. The second-order valence-corrected chi connectivity index (χ2v) is 15.3. The van der Waals surface area contributed by atoms with Gasteiger partial charge in [0.1, 0.15) is 28.9 Å². The molecule has 0 atom stereocenters. The Morgan fingerprint density at radius 2 is 0.968 bits per heavy atom. The van der Waals surface area contributed by atoms with Crippen LogP contribution in [0.25, 0.3) is 77.8 Å². The highest BCUT2D eigenvalue weighted by molar-refractivity contribution is 6.10. The molecule has 6 aromatic carbocycles. The lowest BCUT2D eigenvalue weighted by Gasteiger charge is -2.12. The fraction of sp³-hybridized carbons (Fsp3) is 0.0385. The molecule has 0 saturated carbocycles. The molecule has 0 unspecified atom stereocenters. The Morgan fingerprint density at radius 3 is 1.56 bits per heavy atom. The highest BCUT2D eigenvalue weighted by atomic mass is 19.2. The van der Waals surface area contributed by atoms with Crippen LogP contribution in [0.2, 0.25) is 0 Å². The molecule has 0 N–H and O–H groups in total. The van der Waals surface area contributed by atoms with Crippen LogP contribution in [0, 0.1) is 31.3 Å². The van der Waals surface area contributed by atoms with E-state index in [1.165, 1.54) is 12.4 Å². The minimum absolute atomic E-state index is 0.0136. The Labute approximate surface area is 358 Å². The van der Waals surface area contributed by atoms with Crippen molar-refractivity contribution in [2.75, 3.05) is 0 Å². The molecular formula is C52H33F3N6O2. The molecule has 63 heavy (non-hydrogen) atoms. The van der Waals surface area contributed by atoms with Gasteiger partial charge in [0.25, 0.3) is 0 Å². The summed E-state index contributed by atoms with van der Waals surface area (Å²) in [5, 5.41) is 4.07. The number of para-hydroxylation sites is 2. The van der Waals surface area contributed by atoms with E-state index in [2.05, 4.69) is 42.7 Å². The number of aryl methyl sites for hydroxylation is 2. The van der Waals surface area contributed by atoms with Crippen molar-refractivity contribution in [3.8, 4) is 57.1 Å². The van der Waals surface area contributed by atoms with Crippen molar-refractivity contribution in [2.45, 2.75) is 13.8 Å². The third kappa shape index (κ3) is 6.58. The number of aromatic nitrogens is 6. The maximum atomic E-state index is 15.5. The van der Waals surface area contributed by atoms with E-state index < -0.39 is 23.2 Å². The monoisotopic (exact) mass is 830 g/mol. The lowest BCUT2D eigenvalue weighted by molar-refractivity contribution is 0.395. The van der Waals surface area contributed by atoms with E-state index in [1.54, 1.807) is 24.5 Å². The van der Waals surface area contributed by atoms with Gasteiger partial charge in [0.2, 0.25) is 5.82 Å². The summed E-state index contributed by atoms with van der Waals surface area (Å²) in [4.78, 5) is 18.2. The maximum absolute atomic E-state index is 15.5. The van der Waals surface area contributed by atoms with E-state index in [4.69, 9.17) is 9.47 Å². The van der Waals surface area contributed by atoms with Crippen LogP contribution in [0.5, 0.6) is 23.0 Å². The SMILES string of the molecule is Cc1ccnc(-n2c3ccccc3c3ccc(Oc4cccc(-c5cnc(-c6cc(Oc7ccc8c9ccccc9n(-c9cc(C)ccn9)c8c7)c(F)c(F)c6F)cn5)c4)cc32)c1. The Kier molecular flexibility index (Phi) is 8.97. The van der Waals surface area contributed by atoms with Crippen molar-refractivity contribution < 1.29 is 22.6 Å². The highest BCUT2D eigenvalue weighted by Crippen LogP contribution is 2.39. The summed E-state index contributed by atoms with van der Waals surface area (Å²) in [6.45, 7) is 4.02. The zero-order valence-electron chi connectivity index (χ0n) is 33.7. The van der Waals surface area contributed by atoms with Gasteiger partial charge in [-0.1, -0.05) is 48.5 Å².